The number of nitrogens with zero attached hydrogens (tertiary/aromatic N) is 3. The molecule has 0 N–H and O–H groups in total. The molecule has 2 heterocycles. The van der Waals surface area contributed by atoms with Gasteiger partial charge in [0.1, 0.15) is 17.5 Å². The first-order valence-electron chi connectivity index (χ1n) is 5.50. The summed E-state index contributed by atoms with van der Waals surface area (Å²) in [6, 6.07) is 10.4. The van der Waals surface area contributed by atoms with Gasteiger partial charge in [-0.05, 0) is 6.92 Å². The van der Waals surface area contributed by atoms with E-state index < -0.39 is 0 Å². The molecule has 0 fully saturated rings. The van der Waals surface area contributed by atoms with Crippen molar-refractivity contribution in [1.82, 2.24) is 9.55 Å². The fraction of sp³-hybridized carbons (Fsp3) is 0.231. The van der Waals surface area contributed by atoms with Crippen molar-refractivity contribution < 1.29 is 0 Å². The average Bonchev–Trinajstić information content (AvgIpc) is 2.89. The molecule has 2 aromatic rings. The molecule has 84 valence electrons. The summed E-state index contributed by atoms with van der Waals surface area (Å²) in [5, 5.41) is 10.2. The maximum Gasteiger partial charge on any atom is 0.169 e. The van der Waals surface area contributed by atoms with Crippen LogP contribution in [0.15, 0.2) is 29.4 Å². The number of rotatable bonds is 1. The predicted molar refractivity (Wildman–Crippen MR) is 67.8 cm³/mol. The van der Waals surface area contributed by atoms with Gasteiger partial charge in [0.15, 0.2) is 5.16 Å². The van der Waals surface area contributed by atoms with Gasteiger partial charge in [0.25, 0.3) is 0 Å². The molecule has 4 heteroatoms. The minimum absolute atomic E-state index is 0.689. The summed E-state index contributed by atoms with van der Waals surface area (Å²) in [7, 11) is 0. The lowest BCUT2D eigenvalue weighted by Crippen LogP contribution is -1.97. The molecule has 3 nitrogen and oxygen atoms in total. The Bertz CT molecular complexity index is 605. The first-order chi connectivity index (χ1) is 8.29. The van der Waals surface area contributed by atoms with Gasteiger partial charge in [-0.2, -0.15) is 5.26 Å². The van der Waals surface area contributed by atoms with Crippen LogP contribution in [0.5, 0.6) is 0 Å². The summed E-state index contributed by atoms with van der Waals surface area (Å²) in [5.74, 6) is 1.02. The van der Waals surface area contributed by atoms with E-state index in [1.165, 1.54) is 5.56 Å². The Balaban J connectivity index is 2.16. The Morgan fingerprint density at radius 3 is 2.82 bits per heavy atom. The predicted octanol–water partition coefficient (Wildman–Crippen LogP) is 2.84. The van der Waals surface area contributed by atoms with Crippen LogP contribution in [0.3, 0.4) is 0 Å². The van der Waals surface area contributed by atoms with Crippen LogP contribution in [0, 0.1) is 18.3 Å². The zero-order valence-corrected chi connectivity index (χ0v) is 10.3. The van der Waals surface area contributed by atoms with Gasteiger partial charge in [-0.25, -0.2) is 4.98 Å². The van der Waals surface area contributed by atoms with Gasteiger partial charge in [-0.15, -0.1) is 0 Å². The molecule has 0 bridgehead atoms. The van der Waals surface area contributed by atoms with E-state index in [1.54, 1.807) is 11.8 Å². The molecular weight excluding hydrogens is 230 g/mol. The number of aryl methyl sites for hydroxylation is 1. The molecule has 0 unspecified atom stereocenters. The molecule has 1 aromatic heterocycles. The highest BCUT2D eigenvalue weighted by molar-refractivity contribution is 7.99. The zero-order chi connectivity index (χ0) is 11.8. The van der Waals surface area contributed by atoms with Gasteiger partial charge in [0.05, 0.1) is 0 Å². The fourth-order valence-corrected chi connectivity index (χ4v) is 2.95. The summed E-state index contributed by atoms with van der Waals surface area (Å²) >= 11 is 1.72. The number of thioether (sulfide) groups is 1. The van der Waals surface area contributed by atoms with Crippen molar-refractivity contribution in [2.24, 2.45) is 0 Å². The summed E-state index contributed by atoms with van der Waals surface area (Å²) in [6.07, 6.45) is 0. The van der Waals surface area contributed by atoms with E-state index in [9.17, 15) is 5.26 Å². The van der Waals surface area contributed by atoms with Crippen LogP contribution in [0.25, 0.3) is 11.3 Å². The molecule has 0 atom stereocenters. The Morgan fingerprint density at radius 2 is 2.12 bits per heavy atom. The third-order valence-electron chi connectivity index (χ3n) is 2.91. The van der Waals surface area contributed by atoms with Crippen LogP contribution >= 0.6 is 11.8 Å². The number of imidazole rings is 1. The third kappa shape index (κ3) is 1.63. The zero-order valence-electron chi connectivity index (χ0n) is 9.47. The van der Waals surface area contributed by atoms with Crippen molar-refractivity contribution in [3.05, 3.63) is 35.5 Å². The summed E-state index contributed by atoms with van der Waals surface area (Å²) < 4.78 is 2.01. The van der Waals surface area contributed by atoms with Crippen LogP contribution < -0.4 is 0 Å². The number of benzene rings is 1. The third-order valence-corrected chi connectivity index (χ3v) is 3.87. The van der Waals surface area contributed by atoms with E-state index in [2.05, 4.69) is 18.0 Å². The maximum absolute atomic E-state index is 9.27. The van der Waals surface area contributed by atoms with Crippen LogP contribution in [0.2, 0.25) is 0 Å². The highest BCUT2D eigenvalue weighted by Crippen LogP contribution is 2.32. The molecule has 0 spiro atoms. The molecule has 17 heavy (non-hydrogen) atoms. The van der Waals surface area contributed by atoms with Gasteiger partial charge >= 0.3 is 0 Å². The van der Waals surface area contributed by atoms with Gasteiger partial charge < -0.3 is 4.57 Å². The second-order valence-electron chi connectivity index (χ2n) is 4.07. The molecule has 0 saturated carbocycles. The summed E-state index contributed by atoms with van der Waals surface area (Å²) in [5.41, 5.74) is 3.74. The quantitative estimate of drug-likeness (QED) is 0.771. The second-order valence-corrected chi connectivity index (χ2v) is 5.13. The van der Waals surface area contributed by atoms with Crippen LogP contribution in [-0.4, -0.2) is 15.3 Å². The van der Waals surface area contributed by atoms with E-state index in [0.29, 0.717) is 5.69 Å². The highest BCUT2D eigenvalue weighted by atomic mass is 32.2. The summed E-state index contributed by atoms with van der Waals surface area (Å²) in [6.45, 7) is 2.94. The van der Waals surface area contributed by atoms with Crippen molar-refractivity contribution in [2.75, 3.05) is 5.75 Å². The number of hydrogen-bond donors (Lipinski definition) is 0. The molecule has 1 aliphatic heterocycles. The molecule has 1 aliphatic rings. The summed E-state index contributed by atoms with van der Waals surface area (Å²) in [4.78, 5) is 4.56. The Labute approximate surface area is 104 Å². The first-order valence-corrected chi connectivity index (χ1v) is 6.48. The Kier molecular flexibility index (Phi) is 2.41. The van der Waals surface area contributed by atoms with E-state index in [4.69, 9.17) is 0 Å². The van der Waals surface area contributed by atoms with E-state index in [0.717, 1.165) is 28.7 Å². The number of nitriles is 1. The topological polar surface area (TPSA) is 41.6 Å². The van der Waals surface area contributed by atoms with Gasteiger partial charge in [-0.3, -0.25) is 0 Å². The van der Waals surface area contributed by atoms with E-state index in [-0.39, 0.29) is 0 Å². The largest absolute Gasteiger partial charge is 0.309 e. The van der Waals surface area contributed by atoms with Crippen LogP contribution in [-0.2, 0) is 6.54 Å². The first kappa shape index (κ1) is 10.4. The maximum atomic E-state index is 9.27. The lowest BCUT2D eigenvalue weighted by Gasteiger charge is -2.00. The smallest absolute Gasteiger partial charge is 0.169 e. The van der Waals surface area contributed by atoms with E-state index in [1.807, 2.05) is 28.8 Å². The normalized spacial score (nSPS) is 13.4. The fourth-order valence-electron chi connectivity index (χ4n) is 2.00. The van der Waals surface area contributed by atoms with Crippen molar-refractivity contribution in [3.8, 4) is 17.3 Å². The van der Waals surface area contributed by atoms with Gasteiger partial charge in [0.2, 0.25) is 0 Å². The van der Waals surface area contributed by atoms with Crippen molar-refractivity contribution in [2.45, 2.75) is 18.6 Å². The standard InChI is InChI=1S/C13H11N3S/c1-9-2-4-10(5-3-9)12-11(8-14)16-6-7-17-13(16)15-12/h2-5H,6-7H2,1H3. The molecule has 0 saturated heterocycles. The molecular formula is C13H11N3S. The highest BCUT2D eigenvalue weighted by Gasteiger charge is 2.22. The minimum atomic E-state index is 0.689. The molecule has 0 aliphatic carbocycles. The van der Waals surface area contributed by atoms with Gasteiger partial charge in [0, 0.05) is 17.9 Å². The van der Waals surface area contributed by atoms with E-state index >= 15 is 0 Å². The minimum Gasteiger partial charge on any atom is -0.309 e. The van der Waals surface area contributed by atoms with Crippen molar-refractivity contribution >= 4 is 11.8 Å². The number of hydrogen-bond acceptors (Lipinski definition) is 3. The van der Waals surface area contributed by atoms with Crippen molar-refractivity contribution in [3.63, 3.8) is 0 Å². The number of aromatic nitrogens is 2. The molecule has 0 amide bonds. The molecule has 0 radical (unpaired) electrons. The average molecular weight is 241 g/mol. The number of fused-ring (bicyclic) bond motifs is 1. The van der Waals surface area contributed by atoms with Crippen LogP contribution in [0.1, 0.15) is 11.3 Å². The Hall–Kier alpha value is -1.73. The Morgan fingerprint density at radius 1 is 1.35 bits per heavy atom. The van der Waals surface area contributed by atoms with Crippen molar-refractivity contribution in [1.29, 1.82) is 5.26 Å². The second kappa shape index (κ2) is 3.94. The lowest BCUT2D eigenvalue weighted by atomic mass is 10.1. The SMILES string of the molecule is Cc1ccc(-c2nc3n(c2C#N)CCS3)cc1. The molecule has 3 rings (SSSR count). The molecule has 1 aromatic carbocycles. The van der Waals surface area contributed by atoms with Crippen LogP contribution in [0.4, 0.5) is 0 Å². The van der Waals surface area contributed by atoms with Gasteiger partial charge in [-0.1, -0.05) is 41.6 Å². The lowest BCUT2D eigenvalue weighted by molar-refractivity contribution is 0.711. The monoisotopic (exact) mass is 241 g/mol.